The van der Waals surface area contributed by atoms with E-state index in [1.807, 2.05) is 24.1 Å². The number of aryl methyl sites for hydroxylation is 1. The van der Waals surface area contributed by atoms with Gasteiger partial charge in [0.2, 0.25) is 5.91 Å². The quantitative estimate of drug-likeness (QED) is 0.862. The van der Waals surface area contributed by atoms with Gasteiger partial charge in [-0.2, -0.15) is 5.10 Å². The van der Waals surface area contributed by atoms with Gasteiger partial charge < -0.3 is 4.90 Å². The lowest BCUT2D eigenvalue weighted by Gasteiger charge is -2.35. The molecule has 0 unspecified atom stereocenters. The number of hydrogen-bond acceptors (Lipinski definition) is 3. The summed E-state index contributed by atoms with van der Waals surface area (Å²) in [6, 6.07) is 10.6. The summed E-state index contributed by atoms with van der Waals surface area (Å²) in [5.74, 6) is 0.895. The van der Waals surface area contributed by atoms with E-state index in [0.29, 0.717) is 11.8 Å². The van der Waals surface area contributed by atoms with Crippen molar-refractivity contribution in [1.29, 1.82) is 0 Å². The molecule has 2 fully saturated rings. The largest absolute Gasteiger partial charge is 0.340 e. The molecule has 1 aliphatic heterocycles. The Morgan fingerprint density at radius 2 is 1.92 bits per heavy atom. The zero-order valence-electron chi connectivity index (χ0n) is 14.1. The summed E-state index contributed by atoms with van der Waals surface area (Å²) >= 11 is 0. The van der Waals surface area contributed by atoms with Gasteiger partial charge in [0.25, 0.3) is 0 Å². The molecule has 0 bridgehead atoms. The molecule has 1 saturated heterocycles. The van der Waals surface area contributed by atoms with Gasteiger partial charge >= 0.3 is 0 Å². The average molecular weight is 324 g/mol. The normalized spacial score (nSPS) is 24.1. The van der Waals surface area contributed by atoms with E-state index in [9.17, 15) is 4.79 Å². The lowest BCUT2D eigenvalue weighted by Crippen LogP contribution is -2.48. The maximum Gasteiger partial charge on any atom is 0.226 e. The number of nitrogens with zero attached hydrogens (tertiary/aromatic N) is 4. The van der Waals surface area contributed by atoms with E-state index < -0.39 is 0 Å². The molecule has 1 aromatic carbocycles. The third kappa shape index (κ3) is 3.22. The molecule has 0 spiro atoms. The van der Waals surface area contributed by atoms with Crippen LogP contribution in [0.5, 0.6) is 0 Å². The van der Waals surface area contributed by atoms with Gasteiger partial charge in [-0.05, 0) is 23.5 Å². The molecule has 24 heavy (non-hydrogen) atoms. The molecular weight excluding hydrogens is 300 g/mol. The molecule has 2 aliphatic rings. The first-order valence-electron chi connectivity index (χ1n) is 8.74. The number of benzene rings is 1. The van der Waals surface area contributed by atoms with Crippen molar-refractivity contribution in [2.45, 2.75) is 18.9 Å². The van der Waals surface area contributed by atoms with Gasteiger partial charge in [0.1, 0.15) is 0 Å². The molecule has 0 radical (unpaired) electrons. The second-order valence-electron chi connectivity index (χ2n) is 6.98. The van der Waals surface area contributed by atoms with Crippen LogP contribution in [0.25, 0.3) is 0 Å². The van der Waals surface area contributed by atoms with Crippen molar-refractivity contribution in [1.82, 2.24) is 19.6 Å². The minimum Gasteiger partial charge on any atom is -0.340 e. The van der Waals surface area contributed by atoms with Crippen LogP contribution in [0.1, 0.15) is 23.5 Å². The van der Waals surface area contributed by atoms with Crippen LogP contribution in [0.3, 0.4) is 0 Å². The highest BCUT2D eigenvalue weighted by Crippen LogP contribution is 2.48. The molecule has 2 atom stereocenters. The zero-order valence-corrected chi connectivity index (χ0v) is 14.1. The third-order valence-electron chi connectivity index (χ3n) is 5.19. The number of carbonyl (C=O) groups excluding carboxylic acids is 1. The fraction of sp³-hybridized carbons (Fsp3) is 0.474. The number of carbonyl (C=O) groups is 1. The maximum atomic E-state index is 12.7. The standard InChI is InChI=1S/C19H24N4O/c1-21-14-16(12-20-21)17-11-18(17)19(24)23-9-7-22(8-10-23)13-15-5-3-2-4-6-15/h2-6,12,14,17-18H,7-11,13H2,1H3/t17-,18+/m0/s1. The predicted octanol–water partition coefficient (Wildman–Crippen LogP) is 1.87. The first-order valence-corrected chi connectivity index (χ1v) is 8.74. The van der Waals surface area contributed by atoms with Crippen molar-refractivity contribution in [2.24, 2.45) is 13.0 Å². The molecule has 1 saturated carbocycles. The average Bonchev–Trinajstić information content (AvgIpc) is 3.30. The molecule has 5 heteroatoms. The molecule has 126 valence electrons. The monoisotopic (exact) mass is 324 g/mol. The summed E-state index contributed by atoms with van der Waals surface area (Å²) < 4.78 is 1.82. The number of hydrogen-bond donors (Lipinski definition) is 0. The summed E-state index contributed by atoms with van der Waals surface area (Å²) in [5.41, 5.74) is 2.55. The highest BCUT2D eigenvalue weighted by atomic mass is 16.2. The summed E-state index contributed by atoms with van der Waals surface area (Å²) in [7, 11) is 1.93. The van der Waals surface area contributed by atoms with Gasteiger partial charge in [0, 0.05) is 51.9 Å². The lowest BCUT2D eigenvalue weighted by atomic mass is 10.1. The first kappa shape index (κ1) is 15.4. The topological polar surface area (TPSA) is 41.4 Å². The maximum absolute atomic E-state index is 12.7. The van der Waals surface area contributed by atoms with E-state index in [1.54, 1.807) is 0 Å². The molecular formula is C19H24N4O. The number of aromatic nitrogens is 2. The van der Waals surface area contributed by atoms with Crippen molar-refractivity contribution >= 4 is 5.91 Å². The molecule has 5 nitrogen and oxygen atoms in total. The highest BCUT2D eigenvalue weighted by Gasteiger charge is 2.46. The molecule has 4 rings (SSSR count). The molecule has 1 amide bonds. The summed E-state index contributed by atoms with van der Waals surface area (Å²) in [6.07, 6.45) is 4.92. The Balaban J connectivity index is 1.28. The van der Waals surface area contributed by atoms with E-state index in [2.05, 4.69) is 45.2 Å². The fourth-order valence-electron chi connectivity index (χ4n) is 3.67. The predicted molar refractivity (Wildman–Crippen MR) is 92.4 cm³/mol. The van der Waals surface area contributed by atoms with Gasteiger partial charge in [0.05, 0.1) is 6.20 Å². The summed E-state index contributed by atoms with van der Waals surface area (Å²) in [5, 5.41) is 4.22. The Morgan fingerprint density at radius 1 is 1.17 bits per heavy atom. The van der Waals surface area contributed by atoms with Gasteiger partial charge in [-0.3, -0.25) is 14.4 Å². The van der Waals surface area contributed by atoms with Crippen LogP contribution in [-0.4, -0.2) is 51.7 Å². The number of amides is 1. The SMILES string of the molecule is Cn1cc([C@@H]2C[C@H]2C(=O)N2CCN(Cc3ccccc3)CC2)cn1. The minimum absolute atomic E-state index is 0.176. The van der Waals surface area contributed by atoms with Crippen LogP contribution in [0.15, 0.2) is 42.7 Å². The van der Waals surface area contributed by atoms with Crippen LogP contribution < -0.4 is 0 Å². The molecule has 1 aromatic heterocycles. The van der Waals surface area contributed by atoms with Crippen LogP contribution in [-0.2, 0) is 18.4 Å². The van der Waals surface area contributed by atoms with Crippen molar-refractivity contribution in [3.05, 3.63) is 53.9 Å². The Labute approximate surface area is 142 Å². The zero-order chi connectivity index (χ0) is 16.5. The van der Waals surface area contributed by atoms with Crippen molar-refractivity contribution in [3.63, 3.8) is 0 Å². The van der Waals surface area contributed by atoms with Crippen molar-refractivity contribution in [2.75, 3.05) is 26.2 Å². The Kier molecular flexibility index (Phi) is 4.10. The Bertz CT molecular complexity index is 703. The van der Waals surface area contributed by atoms with Crippen LogP contribution in [0, 0.1) is 5.92 Å². The third-order valence-corrected chi connectivity index (χ3v) is 5.19. The van der Waals surface area contributed by atoms with E-state index in [0.717, 1.165) is 39.1 Å². The van der Waals surface area contributed by atoms with Gasteiger partial charge in [-0.25, -0.2) is 0 Å². The number of rotatable bonds is 4. The number of piperazine rings is 1. The smallest absolute Gasteiger partial charge is 0.226 e. The van der Waals surface area contributed by atoms with Crippen molar-refractivity contribution < 1.29 is 4.79 Å². The van der Waals surface area contributed by atoms with E-state index in [1.165, 1.54) is 11.1 Å². The lowest BCUT2D eigenvalue weighted by molar-refractivity contribution is -0.134. The summed E-state index contributed by atoms with van der Waals surface area (Å²) in [6.45, 7) is 4.60. The molecule has 0 N–H and O–H groups in total. The molecule has 2 aromatic rings. The summed E-state index contributed by atoms with van der Waals surface area (Å²) in [4.78, 5) is 17.2. The van der Waals surface area contributed by atoms with E-state index in [4.69, 9.17) is 0 Å². The first-order chi connectivity index (χ1) is 11.7. The van der Waals surface area contributed by atoms with Crippen LogP contribution in [0.4, 0.5) is 0 Å². The Morgan fingerprint density at radius 3 is 2.58 bits per heavy atom. The second kappa shape index (κ2) is 6.40. The second-order valence-corrected chi connectivity index (χ2v) is 6.98. The van der Waals surface area contributed by atoms with E-state index >= 15 is 0 Å². The van der Waals surface area contributed by atoms with Crippen LogP contribution in [0.2, 0.25) is 0 Å². The fourth-order valence-corrected chi connectivity index (χ4v) is 3.67. The van der Waals surface area contributed by atoms with Crippen molar-refractivity contribution in [3.8, 4) is 0 Å². The van der Waals surface area contributed by atoms with Gasteiger partial charge in [-0.1, -0.05) is 30.3 Å². The van der Waals surface area contributed by atoms with Gasteiger partial charge in [-0.15, -0.1) is 0 Å². The minimum atomic E-state index is 0.176. The van der Waals surface area contributed by atoms with E-state index in [-0.39, 0.29) is 5.92 Å². The molecule has 2 heterocycles. The van der Waals surface area contributed by atoms with Crippen LogP contribution >= 0.6 is 0 Å². The molecule has 1 aliphatic carbocycles. The Hall–Kier alpha value is -2.14. The highest BCUT2D eigenvalue weighted by molar-refractivity contribution is 5.83. The van der Waals surface area contributed by atoms with Gasteiger partial charge in [0.15, 0.2) is 0 Å².